The van der Waals surface area contributed by atoms with Crippen LogP contribution in [0.2, 0.25) is 0 Å². The van der Waals surface area contributed by atoms with Crippen LogP contribution in [0.1, 0.15) is 6.42 Å². The maximum atomic E-state index is 11.6. The first-order valence-corrected chi connectivity index (χ1v) is 5.98. The van der Waals surface area contributed by atoms with Crippen LogP contribution in [0.25, 0.3) is 0 Å². The van der Waals surface area contributed by atoms with Crippen molar-refractivity contribution in [1.29, 1.82) is 0 Å². The average Bonchev–Trinajstić information content (AvgIpc) is 2.80. The number of carbonyl (C=O) groups excluding carboxylic acids is 1. The quantitative estimate of drug-likeness (QED) is 0.440. The van der Waals surface area contributed by atoms with Gasteiger partial charge in [-0.15, -0.1) is 11.6 Å². The molecule has 0 aromatic rings. The van der Waals surface area contributed by atoms with Gasteiger partial charge in [-0.1, -0.05) is 6.08 Å². The summed E-state index contributed by atoms with van der Waals surface area (Å²) in [6.45, 7) is 0. The van der Waals surface area contributed by atoms with Gasteiger partial charge in [-0.3, -0.25) is 0 Å². The van der Waals surface area contributed by atoms with Crippen LogP contribution in [0.5, 0.6) is 0 Å². The van der Waals surface area contributed by atoms with Gasteiger partial charge in [0.15, 0.2) is 0 Å². The number of halogens is 1. The molecule has 94 valence electrons. The molecule has 4 nitrogen and oxygen atoms in total. The van der Waals surface area contributed by atoms with Crippen molar-refractivity contribution in [3.05, 3.63) is 23.5 Å². The summed E-state index contributed by atoms with van der Waals surface area (Å²) >= 11 is 5.90. The smallest absolute Gasteiger partial charge is 0.337 e. The van der Waals surface area contributed by atoms with Crippen LogP contribution in [0.15, 0.2) is 23.5 Å². The Kier molecular flexibility index (Phi) is 3.74. The Bertz CT molecular complexity index is 375. The predicted molar refractivity (Wildman–Crippen MR) is 62.4 cm³/mol. The molecule has 1 heterocycles. The third-order valence-electron chi connectivity index (χ3n) is 3.33. The summed E-state index contributed by atoms with van der Waals surface area (Å²) in [6, 6.07) is 0. The molecular weight excluding hydrogens is 244 g/mol. The van der Waals surface area contributed by atoms with Gasteiger partial charge in [-0.05, 0) is 12.0 Å². The van der Waals surface area contributed by atoms with Crippen molar-refractivity contribution in [3.63, 3.8) is 0 Å². The van der Waals surface area contributed by atoms with Gasteiger partial charge in [0.2, 0.25) is 6.29 Å². The van der Waals surface area contributed by atoms with E-state index in [1.807, 2.05) is 0 Å². The Hall–Kier alpha value is -1.00. The molecule has 0 N–H and O–H groups in total. The highest BCUT2D eigenvalue weighted by atomic mass is 35.5. The molecule has 0 radical (unpaired) electrons. The molecule has 0 spiro atoms. The fourth-order valence-electron chi connectivity index (χ4n) is 2.48. The summed E-state index contributed by atoms with van der Waals surface area (Å²) in [4.78, 5) is 11.6. The Balaban J connectivity index is 2.27. The van der Waals surface area contributed by atoms with E-state index in [2.05, 4.69) is 6.08 Å². The van der Waals surface area contributed by atoms with Crippen molar-refractivity contribution in [2.45, 2.75) is 12.7 Å². The van der Waals surface area contributed by atoms with Crippen LogP contribution >= 0.6 is 11.6 Å². The lowest BCUT2D eigenvalue weighted by atomic mass is 9.84. The molecule has 0 aromatic carbocycles. The van der Waals surface area contributed by atoms with E-state index in [-0.39, 0.29) is 24.1 Å². The van der Waals surface area contributed by atoms with Crippen molar-refractivity contribution < 1.29 is 19.0 Å². The van der Waals surface area contributed by atoms with Crippen LogP contribution in [-0.2, 0) is 19.0 Å². The first kappa shape index (κ1) is 12.5. The maximum absolute atomic E-state index is 11.6. The molecule has 1 aliphatic carbocycles. The molecule has 5 heteroatoms. The topological polar surface area (TPSA) is 44.8 Å². The third kappa shape index (κ3) is 2.07. The second-order valence-electron chi connectivity index (χ2n) is 4.09. The van der Waals surface area contributed by atoms with Crippen molar-refractivity contribution in [3.8, 4) is 0 Å². The number of allylic oxidation sites excluding steroid dienone is 1. The molecule has 1 aliphatic heterocycles. The number of esters is 1. The fourth-order valence-corrected chi connectivity index (χ4v) is 2.77. The van der Waals surface area contributed by atoms with E-state index in [4.69, 9.17) is 25.8 Å². The third-order valence-corrected chi connectivity index (χ3v) is 3.63. The number of hydrogen-bond acceptors (Lipinski definition) is 4. The average molecular weight is 259 g/mol. The Morgan fingerprint density at radius 3 is 2.94 bits per heavy atom. The molecule has 2 aliphatic rings. The minimum atomic E-state index is -0.374. The number of ether oxygens (including phenoxy) is 3. The number of carbonyl (C=O) groups is 1. The van der Waals surface area contributed by atoms with Gasteiger partial charge in [0.1, 0.15) is 0 Å². The van der Waals surface area contributed by atoms with Crippen LogP contribution in [0.3, 0.4) is 0 Å². The first-order valence-electron chi connectivity index (χ1n) is 5.44. The van der Waals surface area contributed by atoms with Crippen LogP contribution in [0, 0.1) is 11.8 Å². The van der Waals surface area contributed by atoms with Gasteiger partial charge in [0, 0.05) is 18.9 Å². The Labute approximate surface area is 105 Å². The minimum Gasteiger partial charge on any atom is -0.471 e. The molecule has 2 rings (SSSR count). The normalized spacial score (nSPS) is 31.1. The predicted octanol–water partition coefficient (Wildman–Crippen LogP) is 1.85. The van der Waals surface area contributed by atoms with Crippen molar-refractivity contribution >= 4 is 17.6 Å². The molecular formula is C12H15ClO4. The van der Waals surface area contributed by atoms with E-state index in [0.717, 1.165) is 12.0 Å². The van der Waals surface area contributed by atoms with Crippen molar-refractivity contribution in [1.82, 2.24) is 0 Å². The number of fused-ring (bicyclic) bond motifs is 1. The summed E-state index contributed by atoms with van der Waals surface area (Å²) in [5.74, 6) is 0.143. The molecule has 0 aromatic heterocycles. The van der Waals surface area contributed by atoms with Gasteiger partial charge in [0.25, 0.3) is 0 Å². The molecule has 0 amide bonds. The highest BCUT2D eigenvalue weighted by Gasteiger charge is 2.43. The molecule has 17 heavy (non-hydrogen) atoms. The summed E-state index contributed by atoms with van der Waals surface area (Å²) in [5, 5.41) is 0. The summed E-state index contributed by atoms with van der Waals surface area (Å²) in [7, 11) is 2.95. The molecule has 0 saturated carbocycles. The van der Waals surface area contributed by atoms with Crippen LogP contribution in [-0.4, -0.2) is 32.4 Å². The molecule has 0 bridgehead atoms. The summed E-state index contributed by atoms with van der Waals surface area (Å²) < 4.78 is 15.5. The fraction of sp³-hybridized carbons (Fsp3) is 0.583. The Morgan fingerprint density at radius 2 is 2.35 bits per heavy atom. The lowest BCUT2D eigenvalue weighted by Crippen LogP contribution is -2.36. The zero-order chi connectivity index (χ0) is 12.4. The van der Waals surface area contributed by atoms with Gasteiger partial charge in [-0.25, -0.2) is 4.79 Å². The minimum absolute atomic E-state index is 0.0107. The van der Waals surface area contributed by atoms with Crippen LogP contribution < -0.4 is 0 Å². The van der Waals surface area contributed by atoms with Gasteiger partial charge < -0.3 is 14.2 Å². The number of rotatable bonds is 3. The maximum Gasteiger partial charge on any atom is 0.337 e. The highest BCUT2D eigenvalue weighted by Crippen LogP contribution is 2.43. The second kappa shape index (κ2) is 5.10. The van der Waals surface area contributed by atoms with E-state index in [1.54, 1.807) is 7.11 Å². The SMILES string of the molecule is COC(=O)C1=COC(OC)C2C(CCl)=CCC12. The van der Waals surface area contributed by atoms with Crippen molar-refractivity contribution in [2.75, 3.05) is 20.1 Å². The lowest BCUT2D eigenvalue weighted by molar-refractivity contribution is -0.146. The van der Waals surface area contributed by atoms with Crippen LogP contribution in [0.4, 0.5) is 0 Å². The van der Waals surface area contributed by atoms with E-state index in [0.29, 0.717) is 11.5 Å². The second-order valence-corrected chi connectivity index (χ2v) is 4.35. The molecule has 3 unspecified atom stereocenters. The number of alkyl halides is 1. The number of hydrogen-bond donors (Lipinski definition) is 0. The monoisotopic (exact) mass is 258 g/mol. The van der Waals surface area contributed by atoms with E-state index in [9.17, 15) is 4.79 Å². The van der Waals surface area contributed by atoms with Gasteiger partial charge >= 0.3 is 5.97 Å². The molecule has 0 saturated heterocycles. The van der Waals surface area contributed by atoms with Gasteiger partial charge in [0.05, 0.1) is 24.9 Å². The first-order chi connectivity index (χ1) is 8.22. The largest absolute Gasteiger partial charge is 0.471 e. The zero-order valence-corrected chi connectivity index (χ0v) is 10.6. The highest BCUT2D eigenvalue weighted by molar-refractivity contribution is 6.19. The standard InChI is InChI=1S/C12H15ClO4/c1-15-11(14)9-6-17-12(16-2)10-7(5-13)3-4-8(9)10/h3,6,8,10,12H,4-5H2,1-2H3. The molecule has 0 fully saturated rings. The zero-order valence-electron chi connectivity index (χ0n) is 9.81. The summed E-state index contributed by atoms with van der Waals surface area (Å²) in [5.41, 5.74) is 1.63. The summed E-state index contributed by atoms with van der Waals surface area (Å²) in [6.07, 6.45) is 3.91. The van der Waals surface area contributed by atoms with Gasteiger partial charge in [-0.2, -0.15) is 0 Å². The van der Waals surface area contributed by atoms with E-state index >= 15 is 0 Å². The Morgan fingerprint density at radius 1 is 1.59 bits per heavy atom. The molecule has 3 atom stereocenters. The lowest BCUT2D eigenvalue weighted by Gasteiger charge is -2.33. The number of methoxy groups -OCH3 is 2. The van der Waals surface area contributed by atoms with Crippen molar-refractivity contribution in [2.24, 2.45) is 11.8 Å². The van der Waals surface area contributed by atoms with E-state index < -0.39 is 0 Å². The van der Waals surface area contributed by atoms with E-state index in [1.165, 1.54) is 13.4 Å².